The van der Waals surface area contributed by atoms with Gasteiger partial charge in [0.2, 0.25) is 0 Å². The Bertz CT molecular complexity index is 1970. The van der Waals surface area contributed by atoms with E-state index in [9.17, 15) is 0 Å². The molecule has 1 atom stereocenters. The first-order valence-electron chi connectivity index (χ1n) is 23.3. The van der Waals surface area contributed by atoms with Crippen LogP contribution in [-0.2, 0) is 52.3 Å². The van der Waals surface area contributed by atoms with Gasteiger partial charge < -0.3 is 0 Å². The van der Waals surface area contributed by atoms with Crippen molar-refractivity contribution < 1.29 is 24.2 Å². The van der Waals surface area contributed by atoms with Crippen molar-refractivity contribution in [2.24, 2.45) is 29.1 Å². The number of rotatable bonds is 2. The zero-order valence-electron chi connectivity index (χ0n) is 41.6. The van der Waals surface area contributed by atoms with Gasteiger partial charge in [0, 0.05) is 0 Å². The fraction of sp³-hybridized carbons (Fsp3) is 0.517. The first-order valence-corrected chi connectivity index (χ1v) is 25.0. The van der Waals surface area contributed by atoms with Crippen LogP contribution in [0.3, 0.4) is 0 Å². The molecule has 0 aromatic heterocycles. The molecule has 0 heterocycles. The van der Waals surface area contributed by atoms with Crippen LogP contribution in [0.25, 0.3) is 11.1 Å². The Morgan fingerprint density at radius 1 is 0.603 bits per heavy atom. The van der Waals surface area contributed by atoms with E-state index in [-0.39, 0.29) is 46.5 Å². The summed E-state index contributed by atoms with van der Waals surface area (Å²) in [7, 11) is 0. The average Bonchev–Trinajstić information content (AvgIpc) is 3.71. The molecule has 6 aliphatic carbocycles. The van der Waals surface area contributed by atoms with Crippen molar-refractivity contribution in [2.45, 2.75) is 170 Å². The van der Waals surface area contributed by atoms with Crippen LogP contribution in [0.5, 0.6) is 0 Å². The predicted octanol–water partition coefficient (Wildman–Crippen LogP) is 16.9. The summed E-state index contributed by atoms with van der Waals surface area (Å²) in [6, 6.07) is 37.5. The SMILES string of the molecule is CC(C)(C)c1[c-]c2c(cc1)-c1ccc(C(C)(C)C)cc1C2.CC(C)(C)c1cc[c-]cc1.CC(C)(C)c1cc[c-]cc1.CC1=[C-]C(C)C=C1CC12CC3CC(CC(C3)C1)C2.Cl.Cl.[CH2]=[Zr]. The number of allylic oxidation sites excluding steroid dienone is 4. The van der Waals surface area contributed by atoms with Crippen molar-refractivity contribution in [3.8, 4) is 11.1 Å². The molecule has 10 rings (SSSR count). The second kappa shape index (κ2) is 22.5. The van der Waals surface area contributed by atoms with E-state index in [0.29, 0.717) is 11.3 Å². The monoisotopic (exact) mass is 960 g/mol. The Kier molecular flexibility index (Phi) is 19.6. The summed E-state index contributed by atoms with van der Waals surface area (Å²) < 4.78 is 3.34. The van der Waals surface area contributed by atoms with Crippen LogP contribution in [0.1, 0.15) is 175 Å². The number of hydrogen-bond donors (Lipinski definition) is 0. The molecule has 0 nitrogen and oxygen atoms in total. The Balaban J connectivity index is 0.000000229. The Morgan fingerprint density at radius 3 is 1.43 bits per heavy atom. The number of hydrogen-bond acceptors (Lipinski definition) is 0. The number of benzene rings is 4. The molecule has 0 saturated heterocycles. The fourth-order valence-electron chi connectivity index (χ4n) is 10.8. The summed E-state index contributed by atoms with van der Waals surface area (Å²) in [6.45, 7) is 31.4. The van der Waals surface area contributed by atoms with E-state index in [2.05, 4.69) is 186 Å². The van der Waals surface area contributed by atoms with Gasteiger partial charge in [0.15, 0.2) is 0 Å². The molecular formula is C60H80Cl2Zr-4. The summed E-state index contributed by atoms with van der Waals surface area (Å²) in [6.07, 6.45) is 17.8. The van der Waals surface area contributed by atoms with Gasteiger partial charge in [-0.25, -0.2) is 5.57 Å². The van der Waals surface area contributed by atoms with Gasteiger partial charge in [0.25, 0.3) is 0 Å². The van der Waals surface area contributed by atoms with Gasteiger partial charge in [-0.15, -0.1) is 35.9 Å². The molecule has 4 aromatic carbocycles. The maximum absolute atomic E-state index is 3.67. The average molecular weight is 963 g/mol. The molecule has 0 N–H and O–H groups in total. The molecule has 342 valence electrons. The van der Waals surface area contributed by atoms with E-state index in [4.69, 9.17) is 0 Å². The van der Waals surface area contributed by atoms with Gasteiger partial charge in [-0.1, -0.05) is 133 Å². The van der Waals surface area contributed by atoms with Crippen molar-refractivity contribution in [3.05, 3.63) is 154 Å². The predicted molar refractivity (Wildman–Crippen MR) is 275 cm³/mol. The van der Waals surface area contributed by atoms with Gasteiger partial charge in [0.1, 0.15) is 0 Å². The quantitative estimate of drug-likeness (QED) is 0.155. The van der Waals surface area contributed by atoms with Crippen LogP contribution < -0.4 is 0 Å². The molecule has 4 fully saturated rings. The van der Waals surface area contributed by atoms with Gasteiger partial charge in [0.05, 0.1) is 0 Å². The Hall–Kier alpha value is -2.31. The minimum atomic E-state index is 0. The van der Waals surface area contributed by atoms with Crippen molar-refractivity contribution >= 4 is 29.0 Å². The van der Waals surface area contributed by atoms with Crippen LogP contribution in [0, 0.1) is 53.4 Å². The van der Waals surface area contributed by atoms with E-state index in [1.807, 2.05) is 24.3 Å². The van der Waals surface area contributed by atoms with Crippen molar-refractivity contribution in [1.82, 2.24) is 0 Å². The summed E-state index contributed by atoms with van der Waals surface area (Å²) in [5, 5.41) is 0. The standard InChI is InChI=1S/C21H25.C18H25.2C10H13.CH2.2ClH.Zr/c1-20(2,3)16-7-9-18-14(12-16)11-15-13-17(21(4,5)6)8-10-19(15)18;1-12-3-13(2)17(4-12)11-18-8-14-5-15(9-18)7-16(6-14)10-18;2*1-10(2,3)9-7-5-4-6-8-9;;;;/h7-10,12H,11H2,1-6H3;4,12,14-16H,5-11H2,1-2H3;2*5-8H,1-3H3;1H2;2*1H;/q4*-1;;;;. The first-order chi connectivity index (χ1) is 28.5. The number of fused-ring (bicyclic) bond motifs is 3. The maximum atomic E-state index is 3.67. The molecule has 6 aliphatic rings. The summed E-state index contributed by atoms with van der Waals surface area (Å²) in [4.78, 5) is 0. The molecular weight excluding hydrogens is 883 g/mol. The third-order valence-corrected chi connectivity index (χ3v) is 13.7. The van der Waals surface area contributed by atoms with Crippen LogP contribution in [0.2, 0.25) is 0 Å². The topological polar surface area (TPSA) is 0 Å². The summed E-state index contributed by atoms with van der Waals surface area (Å²) in [5.41, 5.74) is 15.8. The van der Waals surface area contributed by atoms with Crippen molar-refractivity contribution in [3.63, 3.8) is 0 Å². The molecule has 3 heteroatoms. The van der Waals surface area contributed by atoms with E-state index < -0.39 is 0 Å². The molecule has 1 unspecified atom stereocenters. The minimum absolute atomic E-state index is 0. The third kappa shape index (κ3) is 14.8. The van der Waals surface area contributed by atoms with Crippen LogP contribution in [-0.4, -0.2) is 4.21 Å². The summed E-state index contributed by atoms with van der Waals surface area (Å²) in [5.74, 6) is 3.82. The van der Waals surface area contributed by atoms with E-state index >= 15 is 0 Å². The van der Waals surface area contributed by atoms with Crippen LogP contribution >= 0.6 is 24.8 Å². The van der Waals surface area contributed by atoms with Gasteiger partial charge in [-0.3, -0.25) is 6.08 Å². The molecule has 0 aliphatic heterocycles. The van der Waals surface area contributed by atoms with Crippen LogP contribution in [0.4, 0.5) is 0 Å². The first kappa shape index (κ1) is 55.0. The number of halogens is 2. The van der Waals surface area contributed by atoms with E-state index in [1.54, 1.807) is 44.1 Å². The molecule has 4 bridgehead atoms. The molecule has 0 radical (unpaired) electrons. The molecule has 4 aromatic rings. The zero-order chi connectivity index (χ0) is 45.0. The summed E-state index contributed by atoms with van der Waals surface area (Å²) >= 11 is 1.30. The van der Waals surface area contributed by atoms with Gasteiger partial charge in [-0.2, -0.15) is 107 Å². The normalized spacial score (nSPS) is 22.5. The zero-order valence-corrected chi connectivity index (χ0v) is 45.7. The Labute approximate surface area is 414 Å². The molecule has 0 spiro atoms. The Morgan fingerprint density at radius 2 is 1.05 bits per heavy atom. The molecule has 63 heavy (non-hydrogen) atoms. The fourth-order valence-corrected chi connectivity index (χ4v) is 10.8. The third-order valence-electron chi connectivity index (χ3n) is 13.7. The van der Waals surface area contributed by atoms with Gasteiger partial charge >= 0.3 is 28.4 Å². The van der Waals surface area contributed by atoms with E-state index in [0.717, 1.165) is 24.2 Å². The second-order valence-electron chi connectivity index (χ2n) is 23.2. The van der Waals surface area contributed by atoms with Crippen molar-refractivity contribution in [1.29, 1.82) is 0 Å². The van der Waals surface area contributed by atoms with Gasteiger partial charge in [-0.05, 0) is 101 Å². The van der Waals surface area contributed by atoms with E-state index in [1.165, 1.54) is 80.7 Å². The second-order valence-corrected chi connectivity index (χ2v) is 23.2. The molecule has 0 amide bonds. The van der Waals surface area contributed by atoms with Crippen molar-refractivity contribution in [2.75, 3.05) is 0 Å². The molecule has 4 saturated carbocycles. The van der Waals surface area contributed by atoms with Crippen LogP contribution in [0.15, 0.2) is 96.1 Å².